The highest BCUT2D eigenvalue weighted by molar-refractivity contribution is 6.33. The molecular weight excluding hydrogens is 313 g/mol. The standard InChI is InChI=1S/C14H15Cl2N3O2/c15-11-5-9(6-12(16)18-11)14(21)19-4-3-10-8(7-19)1-2-13(20)17-10/h5-6,8,10H,1-4,7H2,(H,17,20). The summed E-state index contributed by atoms with van der Waals surface area (Å²) in [6, 6.07) is 3.26. The average molecular weight is 328 g/mol. The van der Waals surface area contributed by atoms with Crippen molar-refractivity contribution in [2.45, 2.75) is 25.3 Å². The average Bonchev–Trinajstić information content (AvgIpc) is 2.45. The molecule has 112 valence electrons. The topological polar surface area (TPSA) is 62.3 Å². The Bertz CT molecular complexity index is 573. The number of aromatic nitrogens is 1. The molecule has 0 radical (unpaired) electrons. The molecule has 0 aromatic carbocycles. The van der Waals surface area contributed by atoms with Gasteiger partial charge in [0, 0.05) is 31.1 Å². The first-order valence-corrected chi connectivity index (χ1v) is 7.70. The third-order valence-corrected chi connectivity index (χ3v) is 4.51. The SMILES string of the molecule is O=C1CCC2CN(C(=O)c3cc(Cl)nc(Cl)c3)CCC2N1. The first-order chi connectivity index (χ1) is 10.0. The molecule has 3 rings (SSSR count). The smallest absolute Gasteiger partial charge is 0.254 e. The maximum atomic E-state index is 12.5. The van der Waals surface area contributed by atoms with Crippen LogP contribution in [0.5, 0.6) is 0 Å². The number of hydrogen-bond acceptors (Lipinski definition) is 3. The molecule has 2 amide bonds. The molecule has 2 fully saturated rings. The van der Waals surface area contributed by atoms with Gasteiger partial charge in [0.2, 0.25) is 5.91 Å². The normalized spacial score (nSPS) is 25.2. The fourth-order valence-corrected chi connectivity index (χ4v) is 3.53. The number of nitrogens with zero attached hydrogens (tertiary/aromatic N) is 2. The summed E-state index contributed by atoms with van der Waals surface area (Å²) in [6.07, 6.45) is 2.16. The monoisotopic (exact) mass is 327 g/mol. The van der Waals surface area contributed by atoms with Gasteiger partial charge in [-0.15, -0.1) is 0 Å². The lowest BCUT2D eigenvalue weighted by Crippen LogP contribution is -2.55. The molecule has 1 aromatic rings. The number of fused-ring (bicyclic) bond motifs is 1. The molecule has 5 nitrogen and oxygen atoms in total. The van der Waals surface area contributed by atoms with Crippen molar-refractivity contribution in [1.29, 1.82) is 0 Å². The number of likely N-dealkylation sites (tertiary alicyclic amines) is 1. The Hall–Kier alpha value is -1.33. The minimum Gasteiger partial charge on any atom is -0.353 e. The first kappa shape index (κ1) is 14.6. The molecule has 2 aliphatic heterocycles. The zero-order chi connectivity index (χ0) is 15.0. The van der Waals surface area contributed by atoms with Crippen LogP contribution < -0.4 is 5.32 Å². The predicted octanol–water partition coefficient (Wildman–Crippen LogP) is 2.13. The highest BCUT2D eigenvalue weighted by Gasteiger charge is 2.35. The molecule has 3 heterocycles. The summed E-state index contributed by atoms with van der Waals surface area (Å²) in [6.45, 7) is 1.28. The van der Waals surface area contributed by atoms with Gasteiger partial charge in [0.15, 0.2) is 0 Å². The van der Waals surface area contributed by atoms with Crippen molar-refractivity contribution in [2.75, 3.05) is 13.1 Å². The number of nitrogens with one attached hydrogen (secondary N) is 1. The Balaban J connectivity index is 1.73. The maximum absolute atomic E-state index is 12.5. The molecule has 0 bridgehead atoms. The Morgan fingerprint density at radius 3 is 2.71 bits per heavy atom. The van der Waals surface area contributed by atoms with Gasteiger partial charge in [-0.1, -0.05) is 23.2 Å². The molecule has 21 heavy (non-hydrogen) atoms. The number of carbonyl (C=O) groups is 2. The minimum absolute atomic E-state index is 0.0865. The van der Waals surface area contributed by atoms with Crippen LogP contribution >= 0.6 is 23.2 Å². The van der Waals surface area contributed by atoms with Crippen molar-refractivity contribution < 1.29 is 9.59 Å². The first-order valence-electron chi connectivity index (χ1n) is 6.94. The van der Waals surface area contributed by atoms with Gasteiger partial charge >= 0.3 is 0 Å². The van der Waals surface area contributed by atoms with Crippen molar-refractivity contribution in [3.63, 3.8) is 0 Å². The summed E-state index contributed by atoms with van der Waals surface area (Å²) in [5.74, 6) is 0.355. The number of amides is 2. The minimum atomic E-state index is -0.0865. The predicted molar refractivity (Wildman–Crippen MR) is 79.4 cm³/mol. The molecule has 2 saturated heterocycles. The fourth-order valence-electron chi connectivity index (χ4n) is 3.07. The summed E-state index contributed by atoms with van der Waals surface area (Å²) in [7, 11) is 0. The van der Waals surface area contributed by atoms with Crippen molar-refractivity contribution >= 4 is 35.0 Å². The molecule has 7 heteroatoms. The van der Waals surface area contributed by atoms with Crippen LogP contribution in [-0.2, 0) is 4.79 Å². The zero-order valence-electron chi connectivity index (χ0n) is 11.3. The van der Waals surface area contributed by atoms with Crippen molar-refractivity contribution in [2.24, 2.45) is 5.92 Å². The van der Waals surface area contributed by atoms with Gasteiger partial charge in [0.25, 0.3) is 5.91 Å². The molecule has 2 unspecified atom stereocenters. The molecule has 1 N–H and O–H groups in total. The molecule has 0 aliphatic carbocycles. The third kappa shape index (κ3) is 3.14. The van der Waals surface area contributed by atoms with Crippen molar-refractivity contribution in [3.8, 4) is 0 Å². The van der Waals surface area contributed by atoms with E-state index in [2.05, 4.69) is 10.3 Å². The lowest BCUT2D eigenvalue weighted by Gasteiger charge is -2.41. The number of hydrogen-bond donors (Lipinski definition) is 1. The fraction of sp³-hybridized carbons (Fsp3) is 0.500. The summed E-state index contributed by atoms with van der Waals surface area (Å²) < 4.78 is 0. The number of piperidine rings is 2. The Morgan fingerprint density at radius 1 is 1.29 bits per heavy atom. The van der Waals surface area contributed by atoms with Gasteiger partial charge < -0.3 is 10.2 Å². The van der Waals surface area contributed by atoms with Gasteiger partial charge in [-0.25, -0.2) is 4.98 Å². The number of pyridine rings is 1. The van der Waals surface area contributed by atoms with Crippen LogP contribution in [-0.4, -0.2) is 40.8 Å². The van der Waals surface area contributed by atoms with E-state index in [9.17, 15) is 9.59 Å². The Morgan fingerprint density at radius 2 is 2.00 bits per heavy atom. The quantitative estimate of drug-likeness (QED) is 0.804. The molecule has 2 atom stereocenters. The second-order valence-electron chi connectivity index (χ2n) is 5.51. The molecular formula is C14H15Cl2N3O2. The van der Waals surface area contributed by atoms with Crippen LogP contribution in [0.3, 0.4) is 0 Å². The van der Waals surface area contributed by atoms with Gasteiger partial charge in [0.1, 0.15) is 10.3 Å². The van der Waals surface area contributed by atoms with E-state index >= 15 is 0 Å². The maximum Gasteiger partial charge on any atom is 0.254 e. The highest BCUT2D eigenvalue weighted by Crippen LogP contribution is 2.27. The van der Waals surface area contributed by atoms with Gasteiger partial charge in [-0.2, -0.15) is 0 Å². The lowest BCUT2D eigenvalue weighted by molar-refractivity contribution is -0.125. The van der Waals surface area contributed by atoms with Crippen LogP contribution in [0.1, 0.15) is 29.6 Å². The van der Waals surface area contributed by atoms with Crippen molar-refractivity contribution in [3.05, 3.63) is 28.0 Å². The van der Waals surface area contributed by atoms with Crippen molar-refractivity contribution in [1.82, 2.24) is 15.2 Å². The zero-order valence-corrected chi connectivity index (χ0v) is 12.8. The third-order valence-electron chi connectivity index (χ3n) is 4.12. The highest BCUT2D eigenvalue weighted by atomic mass is 35.5. The molecule has 2 aliphatic rings. The Labute approximate surface area is 132 Å². The van der Waals surface area contributed by atoms with Crippen LogP contribution in [0.2, 0.25) is 10.3 Å². The van der Waals surface area contributed by atoms with E-state index in [-0.39, 0.29) is 28.2 Å². The Kier molecular flexibility index (Phi) is 4.04. The second-order valence-corrected chi connectivity index (χ2v) is 6.29. The molecule has 1 aromatic heterocycles. The van der Waals surface area contributed by atoms with Crippen LogP contribution in [0.25, 0.3) is 0 Å². The van der Waals surface area contributed by atoms with Gasteiger partial charge in [-0.3, -0.25) is 9.59 Å². The molecule has 0 spiro atoms. The number of carbonyl (C=O) groups excluding carboxylic acids is 2. The summed E-state index contributed by atoms with van der Waals surface area (Å²) in [4.78, 5) is 29.6. The number of halogens is 2. The van der Waals surface area contributed by atoms with Gasteiger partial charge in [0.05, 0.1) is 0 Å². The van der Waals surface area contributed by atoms with E-state index in [1.54, 1.807) is 4.90 Å². The molecule has 0 saturated carbocycles. The van der Waals surface area contributed by atoms with E-state index in [4.69, 9.17) is 23.2 Å². The number of rotatable bonds is 1. The largest absolute Gasteiger partial charge is 0.353 e. The van der Waals surface area contributed by atoms with E-state index < -0.39 is 0 Å². The van der Waals surface area contributed by atoms with Crippen LogP contribution in [0, 0.1) is 5.92 Å². The summed E-state index contributed by atoms with van der Waals surface area (Å²) in [5, 5.41) is 3.43. The van der Waals surface area contributed by atoms with Crippen LogP contribution in [0.4, 0.5) is 0 Å². The summed E-state index contributed by atoms with van der Waals surface area (Å²) >= 11 is 11.7. The van der Waals surface area contributed by atoms with E-state index in [1.165, 1.54) is 12.1 Å². The lowest BCUT2D eigenvalue weighted by atomic mass is 9.85. The van der Waals surface area contributed by atoms with Gasteiger partial charge in [-0.05, 0) is 30.9 Å². The van der Waals surface area contributed by atoms with Crippen LogP contribution in [0.15, 0.2) is 12.1 Å². The second kappa shape index (κ2) is 5.81. The summed E-state index contributed by atoms with van der Waals surface area (Å²) in [5.41, 5.74) is 0.457. The van der Waals surface area contributed by atoms with E-state index in [0.29, 0.717) is 31.0 Å². The van der Waals surface area contributed by atoms with E-state index in [1.807, 2.05) is 0 Å². The van der Waals surface area contributed by atoms with E-state index in [0.717, 1.165) is 12.8 Å².